The van der Waals surface area contributed by atoms with Crippen molar-refractivity contribution in [3.05, 3.63) is 90.3 Å². The maximum absolute atomic E-state index is 12.3. The number of primary amides is 1. The Balaban J connectivity index is 0.00000108. The zero-order valence-electron chi connectivity index (χ0n) is 24.2. The van der Waals surface area contributed by atoms with E-state index in [1.165, 1.54) is 12.5 Å². The monoisotopic (exact) mass is 556 g/mol. The number of anilines is 1. The van der Waals surface area contributed by atoms with Crippen molar-refractivity contribution in [2.24, 2.45) is 5.73 Å². The Morgan fingerprint density at radius 2 is 1.59 bits per heavy atom. The van der Waals surface area contributed by atoms with Crippen LogP contribution in [0.15, 0.2) is 79.1 Å². The van der Waals surface area contributed by atoms with Crippen molar-refractivity contribution in [1.29, 1.82) is 0 Å². The van der Waals surface area contributed by atoms with Gasteiger partial charge >= 0.3 is 0 Å². The number of aromatic hydroxyl groups is 1. The summed E-state index contributed by atoms with van der Waals surface area (Å²) < 4.78 is 1.92. The number of carbonyl (C=O) groups is 2. The molecule has 0 unspecified atom stereocenters. The molecule has 216 valence electrons. The maximum atomic E-state index is 12.3. The molecule has 0 aliphatic heterocycles. The van der Waals surface area contributed by atoms with Crippen molar-refractivity contribution >= 4 is 17.6 Å². The van der Waals surface area contributed by atoms with Crippen molar-refractivity contribution in [2.45, 2.75) is 52.4 Å². The van der Waals surface area contributed by atoms with Crippen LogP contribution in [0.3, 0.4) is 0 Å². The molecular weight excluding hydrogens is 516 g/mol. The van der Waals surface area contributed by atoms with Crippen LogP contribution >= 0.6 is 0 Å². The van der Waals surface area contributed by atoms with Crippen LogP contribution in [0.25, 0.3) is 16.9 Å². The summed E-state index contributed by atoms with van der Waals surface area (Å²) in [7, 11) is 0. The van der Waals surface area contributed by atoms with E-state index in [-0.39, 0.29) is 23.0 Å². The third-order valence-corrected chi connectivity index (χ3v) is 6.22. The number of nitrogens with two attached hydrogens (primary N) is 1. The van der Waals surface area contributed by atoms with Crippen molar-refractivity contribution in [2.75, 3.05) is 18.4 Å². The van der Waals surface area contributed by atoms with Crippen LogP contribution in [0.4, 0.5) is 5.82 Å². The number of benzene rings is 2. The molecule has 5 N–H and O–H groups in total. The molecule has 0 radical (unpaired) electrons. The Morgan fingerprint density at radius 1 is 0.951 bits per heavy atom. The number of carbonyl (C=O) groups excluding carboxylic acids is 2. The summed E-state index contributed by atoms with van der Waals surface area (Å²) in [5, 5.41) is 20.7. The Kier molecular flexibility index (Phi) is 11.0. The highest BCUT2D eigenvalue weighted by Gasteiger charge is 2.15. The van der Waals surface area contributed by atoms with Crippen LogP contribution < -0.4 is 16.4 Å². The number of pyridine rings is 1. The summed E-state index contributed by atoms with van der Waals surface area (Å²) in [6.07, 6.45) is 5.40. The van der Waals surface area contributed by atoms with Crippen molar-refractivity contribution in [3.63, 3.8) is 0 Å². The quantitative estimate of drug-likeness (QED) is 0.204. The lowest BCUT2D eigenvalue weighted by atomic mass is 9.87. The second-order valence-corrected chi connectivity index (χ2v) is 10.8. The molecule has 0 bridgehead atoms. The first-order valence-corrected chi connectivity index (χ1v) is 13.7. The van der Waals surface area contributed by atoms with E-state index in [2.05, 4.69) is 66.4 Å². The highest BCUT2D eigenvalue weighted by molar-refractivity contribution is 5.75. The van der Waals surface area contributed by atoms with Crippen LogP contribution in [-0.2, 0) is 21.4 Å². The lowest BCUT2D eigenvalue weighted by Gasteiger charge is -2.19. The van der Waals surface area contributed by atoms with Crippen molar-refractivity contribution < 1.29 is 14.7 Å². The van der Waals surface area contributed by atoms with E-state index in [1.807, 2.05) is 35.0 Å². The fraction of sp³-hybridized carbons (Fsp3) is 0.312. The molecule has 0 fully saturated rings. The van der Waals surface area contributed by atoms with Gasteiger partial charge in [-0.05, 0) is 65.8 Å². The lowest BCUT2D eigenvalue weighted by molar-refractivity contribution is -0.121. The number of amides is 2. The summed E-state index contributed by atoms with van der Waals surface area (Å²) in [6, 6.07) is 21.5. The summed E-state index contributed by atoms with van der Waals surface area (Å²) in [5.74, 6) is 0.823. The van der Waals surface area contributed by atoms with Gasteiger partial charge in [-0.2, -0.15) is 5.10 Å². The molecule has 0 aliphatic carbocycles. The summed E-state index contributed by atoms with van der Waals surface area (Å²) in [6.45, 7) is 9.13. The zero-order valence-corrected chi connectivity index (χ0v) is 24.2. The molecule has 41 heavy (non-hydrogen) atoms. The van der Waals surface area contributed by atoms with Crippen LogP contribution in [0.2, 0.25) is 0 Å². The number of phenols is 1. The highest BCUT2D eigenvalue weighted by Crippen LogP contribution is 2.27. The van der Waals surface area contributed by atoms with Crippen LogP contribution in [0, 0.1) is 0 Å². The normalized spacial score (nSPS) is 10.8. The predicted octanol–water partition coefficient (Wildman–Crippen LogP) is 4.98. The molecule has 4 aromatic rings. The van der Waals surface area contributed by atoms with Gasteiger partial charge < -0.3 is 21.5 Å². The van der Waals surface area contributed by atoms with Gasteiger partial charge in [0.2, 0.25) is 11.8 Å². The maximum Gasteiger partial charge on any atom is 0.220 e. The van der Waals surface area contributed by atoms with Gasteiger partial charge in [-0.25, -0.2) is 4.68 Å². The van der Waals surface area contributed by atoms with Crippen LogP contribution in [0.1, 0.15) is 51.7 Å². The molecule has 0 aliphatic rings. The van der Waals surface area contributed by atoms with Gasteiger partial charge in [0.25, 0.3) is 0 Å². The molecule has 9 nitrogen and oxygen atoms in total. The molecule has 4 rings (SSSR count). The number of hydrogen-bond acceptors (Lipinski definition) is 6. The number of aromatic nitrogens is 3. The number of nitrogens with zero attached hydrogens (tertiary/aromatic N) is 3. The molecule has 2 aromatic carbocycles. The fourth-order valence-corrected chi connectivity index (χ4v) is 4.03. The minimum absolute atomic E-state index is 0.0318. The molecule has 0 atom stereocenters. The standard InChI is InChI=1S/C30H35N5O2.C2H5NO/c1-30(2,3)24-8-10-25(11-9-24)35-28(21-27(34-35)23-15-18-31-19-16-23)32-17-4-5-29(37)33-20-14-22-6-12-26(36)13-7-22;1-2(3)4/h6-13,15-16,18-19,21,32,36H,4-5,14,17,20H2,1-3H3,(H,33,37);1H3,(H2,3,4). The molecule has 2 aromatic heterocycles. The lowest BCUT2D eigenvalue weighted by Crippen LogP contribution is -2.26. The minimum atomic E-state index is -0.333. The predicted molar refractivity (Wildman–Crippen MR) is 163 cm³/mol. The van der Waals surface area contributed by atoms with E-state index in [1.54, 1.807) is 24.5 Å². The highest BCUT2D eigenvalue weighted by atomic mass is 16.3. The first-order chi connectivity index (χ1) is 19.5. The number of rotatable bonds is 10. The van der Waals surface area contributed by atoms with E-state index in [4.69, 9.17) is 5.10 Å². The second-order valence-electron chi connectivity index (χ2n) is 10.8. The van der Waals surface area contributed by atoms with E-state index in [9.17, 15) is 14.7 Å². The Bertz CT molecular complexity index is 1390. The van der Waals surface area contributed by atoms with Crippen molar-refractivity contribution in [3.8, 4) is 22.7 Å². The summed E-state index contributed by atoms with van der Waals surface area (Å²) >= 11 is 0. The first kappa shape index (κ1) is 30.9. The number of nitrogens with one attached hydrogen (secondary N) is 2. The van der Waals surface area contributed by atoms with Gasteiger partial charge in [0.15, 0.2) is 0 Å². The molecule has 0 saturated heterocycles. The SMILES string of the molecule is CC(C)(C)c1ccc(-n2nc(-c3ccncc3)cc2NCCCC(=O)NCCc2ccc(O)cc2)cc1.CC(N)=O. The first-order valence-electron chi connectivity index (χ1n) is 13.7. The Morgan fingerprint density at radius 3 is 2.20 bits per heavy atom. The van der Waals surface area contributed by atoms with Crippen LogP contribution in [0.5, 0.6) is 5.75 Å². The van der Waals surface area contributed by atoms with Gasteiger partial charge in [0.1, 0.15) is 11.6 Å². The average Bonchev–Trinajstić information content (AvgIpc) is 3.36. The van der Waals surface area contributed by atoms with E-state index < -0.39 is 0 Å². The zero-order chi connectivity index (χ0) is 29.8. The fourth-order valence-electron chi connectivity index (χ4n) is 4.03. The average molecular weight is 557 g/mol. The Labute approximate surface area is 241 Å². The van der Waals surface area contributed by atoms with E-state index >= 15 is 0 Å². The Hall–Kier alpha value is -4.66. The molecule has 2 heterocycles. The summed E-state index contributed by atoms with van der Waals surface area (Å²) in [5.41, 5.74) is 9.73. The molecule has 2 amide bonds. The van der Waals surface area contributed by atoms with E-state index in [0.717, 1.165) is 34.7 Å². The van der Waals surface area contributed by atoms with Gasteiger partial charge in [-0.3, -0.25) is 14.6 Å². The largest absolute Gasteiger partial charge is 0.508 e. The van der Waals surface area contributed by atoms with Gasteiger partial charge in [0.05, 0.1) is 11.4 Å². The van der Waals surface area contributed by atoms with Crippen LogP contribution in [-0.4, -0.2) is 44.8 Å². The molecule has 0 spiro atoms. The second kappa shape index (κ2) is 14.6. The number of phenolic OH excluding ortho intramolecular Hbond substituents is 1. The third-order valence-electron chi connectivity index (χ3n) is 6.22. The van der Waals surface area contributed by atoms with Gasteiger partial charge in [-0.15, -0.1) is 0 Å². The van der Waals surface area contributed by atoms with Crippen molar-refractivity contribution in [1.82, 2.24) is 20.1 Å². The molecule has 9 heteroatoms. The number of hydrogen-bond donors (Lipinski definition) is 4. The van der Waals surface area contributed by atoms with Gasteiger partial charge in [0, 0.05) is 50.5 Å². The minimum Gasteiger partial charge on any atom is -0.508 e. The molecule has 0 saturated carbocycles. The smallest absolute Gasteiger partial charge is 0.220 e. The third kappa shape index (κ3) is 10.1. The summed E-state index contributed by atoms with van der Waals surface area (Å²) in [4.78, 5) is 25.6. The van der Waals surface area contributed by atoms with E-state index in [0.29, 0.717) is 25.9 Å². The topological polar surface area (TPSA) is 135 Å². The van der Waals surface area contributed by atoms with Gasteiger partial charge in [-0.1, -0.05) is 45.0 Å². The molecular formula is C32H40N6O3.